The molecule has 0 aromatic heterocycles. The minimum absolute atomic E-state index is 0. The van der Waals surface area contributed by atoms with Crippen LogP contribution in [0.2, 0.25) is 0 Å². The van der Waals surface area contributed by atoms with E-state index in [2.05, 4.69) is 60.2 Å². The largest absolute Gasteiger partial charge is 2.00 e. The molecule has 4 unspecified atom stereocenters. The van der Waals surface area contributed by atoms with E-state index in [4.69, 9.17) is 19.9 Å². The minimum atomic E-state index is -1.06. The van der Waals surface area contributed by atoms with Crippen molar-refractivity contribution in [2.75, 3.05) is 14.2 Å². The Bertz CT molecular complexity index is 2450. The zero-order valence-electron chi connectivity index (χ0n) is 56.1. The average Bonchev–Trinajstić information content (AvgIpc) is 1.75. The number of hydrogen-bond donors (Lipinski definition) is 3. The van der Waals surface area contributed by atoms with Crippen LogP contribution in [0.4, 0.5) is 14.4 Å². The molecule has 6 rings (SSSR count). The number of aliphatic hydroxyl groups is 1. The van der Waals surface area contributed by atoms with Crippen LogP contribution in [0.25, 0.3) is 0 Å². The monoisotopic (exact) mass is 1310 g/mol. The maximum Gasteiger partial charge on any atom is 2.00 e. The van der Waals surface area contributed by atoms with Crippen LogP contribution in [0.5, 0.6) is 0 Å². The van der Waals surface area contributed by atoms with E-state index in [1.807, 2.05) is 186 Å². The van der Waals surface area contributed by atoms with Crippen LogP contribution in [0.3, 0.4) is 0 Å². The van der Waals surface area contributed by atoms with Crippen molar-refractivity contribution in [3.8, 4) is 0 Å². The van der Waals surface area contributed by atoms with Gasteiger partial charge in [-0.05, 0) is 82.3 Å². The molecule has 1 fully saturated rings. The number of ether oxygens (including phenoxy) is 6. The number of cyclic esters (lactones) is 1. The molecule has 15 nitrogen and oxygen atoms in total. The van der Waals surface area contributed by atoms with Crippen LogP contribution in [-0.2, 0) is 49.2 Å². The van der Waals surface area contributed by atoms with Crippen molar-refractivity contribution < 1.29 is 131 Å². The van der Waals surface area contributed by atoms with E-state index in [9.17, 15) is 34.2 Å². The maximum absolute atomic E-state index is 12.0. The average molecular weight is 1310 g/mol. The molecule has 1 amide bonds. The zero-order valence-corrected chi connectivity index (χ0v) is 62.2. The van der Waals surface area contributed by atoms with Gasteiger partial charge in [0, 0.05) is 11.1 Å². The molecule has 5 aromatic rings. The Morgan fingerprint density at radius 3 is 1.15 bits per heavy atom. The quantitative estimate of drug-likeness (QED) is 0.0381. The summed E-state index contributed by atoms with van der Waals surface area (Å²) in [5, 5.41) is 24.5. The molecule has 0 radical (unpaired) electrons. The molecule has 0 spiro atoms. The Labute approximate surface area is 591 Å². The van der Waals surface area contributed by atoms with E-state index < -0.39 is 46.4 Å². The van der Waals surface area contributed by atoms with Gasteiger partial charge in [0.05, 0.1) is 26.2 Å². The van der Waals surface area contributed by atoms with E-state index in [0.29, 0.717) is 11.8 Å². The molecule has 87 heavy (non-hydrogen) atoms. The van der Waals surface area contributed by atoms with E-state index in [1.165, 1.54) is 14.2 Å². The molecule has 1 heterocycles. The second-order valence-electron chi connectivity index (χ2n) is 24.3. The Hall–Kier alpha value is -4.19. The summed E-state index contributed by atoms with van der Waals surface area (Å²) >= 11 is 0. The summed E-state index contributed by atoms with van der Waals surface area (Å²) in [6.45, 7) is 35.2. The van der Waals surface area contributed by atoms with Crippen LogP contribution in [0.15, 0.2) is 152 Å². The van der Waals surface area contributed by atoms with E-state index in [-0.39, 0.29) is 139 Å². The molecule has 18 heteroatoms. The van der Waals surface area contributed by atoms with Crippen LogP contribution < -0.4 is 84.5 Å². The first kappa shape index (κ1) is 89.2. The van der Waals surface area contributed by atoms with Gasteiger partial charge < -0.3 is 66.7 Å². The molecule has 0 aliphatic carbocycles. The fourth-order valence-electron chi connectivity index (χ4n) is 7.50. The van der Waals surface area contributed by atoms with Gasteiger partial charge in [0.15, 0.2) is 5.60 Å². The number of carbonyl (C=O) groups is 5. The summed E-state index contributed by atoms with van der Waals surface area (Å²) in [4.78, 5) is 55.3. The Morgan fingerprint density at radius 1 is 0.586 bits per heavy atom. The zero-order chi connectivity index (χ0) is 64.6. The summed E-state index contributed by atoms with van der Waals surface area (Å²) in [6.07, 6.45) is -2.48. The number of hydrogen-bond acceptors (Lipinski definition) is 14. The van der Waals surface area contributed by atoms with Crippen molar-refractivity contribution in [1.29, 1.82) is 0 Å². The minimum Gasteiger partial charge on any atom is -1.00 e. The second-order valence-corrected chi connectivity index (χ2v) is 24.3. The normalized spacial score (nSPS) is 13.9. The first-order valence-electron chi connectivity index (χ1n) is 28.5. The summed E-state index contributed by atoms with van der Waals surface area (Å²) in [6, 6.07) is 51.7. The number of nitrogens with two attached hydrogens (primary N) is 1. The molecular formula is C69H100BrKMgN2O13. The molecule has 4 atom stereocenters. The van der Waals surface area contributed by atoms with Gasteiger partial charge in [0.2, 0.25) is 0 Å². The molecule has 1 aliphatic heterocycles. The first-order chi connectivity index (χ1) is 38.9. The van der Waals surface area contributed by atoms with Crippen LogP contribution in [-0.4, -0.2) is 102 Å². The van der Waals surface area contributed by atoms with Crippen molar-refractivity contribution in [1.82, 2.24) is 5.32 Å². The van der Waals surface area contributed by atoms with E-state index >= 15 is 0 Å². The molecule has 5 aromatic carbocycles. The van der Waals surface area contributed by atoms with Crippen LogP contribution in [0.1, 0.15) is 154 Å². The predicted octanol–water partition coefficient (Wildman–Crippen LogP) is 7.64. The fraction of sp³-hybridized carbons (Fsp3) is 0.493. The smallest absolute Gasteiger partial charge is 1.00 e. The van der Waals surface area contributed by atoms with E-state index in [0.717, 1.165) is 22.3 Å². The van der Waals surface area contributed by atoms with Gasteiger partial charge in [-0.15, -0.1) is 5.60 Å². The molecule has 474 valence electrons. The Morgan fingerprint density at radius 2 is 0.920 bits per heavy atom. The number of esters is 2. The Kier molecular flexibility index (Phi) is 45.4. The number of amides is 1. The van der Waals surface area contributed by atoms with Gasteiger partial charge in [0.25, 0.3) is 0 Å². The van der Waals surface area contributed by atoms with Gasteiger partial charge in [-0.25, -0.2) is 14.4 Å². The summed E-state index contributed by atoms with van der Waals surface area (Å²) in [5.41, 5.74) is 5.46. The number of methoxy groups -OCH3 is 2. The van der Waals surface area contributed by atoms with Crippen molar-refractivity contribution in [2.24, 2.45) is 41.2 Å². The molecule has 0 saturated carbocycles. The molecule has 0 bridgehead atoms. The van der Waals surface area contributed by atoms with Gasteiger partial charge in [0.1, 0.15) is 22.8 Å². The molecule has 1 aliphatic rings. The third kappa shape index (κ3) is 35.7. The summed E-state index contributed by atoms with van der Waals surface area (Å²) in [5.74, 6) is 0.861. The van der Waals surface area contributed by atoms with Gasteiger partial charge in [-0.3, -0.25) is 9.59 Å². The van der Waals surface area contributed by atoms with Crippen LogP contribution >= 0.6 is 0 Å². The number of carbonyl (C=O) groups excluding carboxylic acids is 5. The maximum atomic E-state index is 12.0. The standard InChI is InChI=1S/C18H19NO2.C18H22O.C10H18O5.C7H14O2.C6H13NO2.C6H5.C4H9O.BrH.K.Mg/c1-13(2)16-18(21-17(20)19-16,14-9-5-3-6-10-14)15-11-7-4-8-12-15;1-14(2)15(3)18(19,16-10-6-4-7-11-16)17-12-8-5-9-13-17;1-9(2,3)14-7(11)13-8(12)15-10(4,5)6;1-5(2)6(3)7(8)9-4;1-4(2)5(7)6(8)9-3;1-2-4-6-5-3-1;1-4(2,3)5;;;/h3-13,16H,1-2H3,(H,19,20);4-15,19H,1-3H3;1-6H3;5-6H,1-4H3;4-5H,7H2,1-3H3;1-5H;1-3H3;1H;;/q;;;;;2*-1;;+1;+2/p-1. The number of alkyl carbamates (subject to hydrolysis) is 1. The summed E-state index contributed by atoms with van der Waals surface area (Å²) < 4.78 is 28.6. The van der Waals surface area contributed by atoms with Crippen molar-refractivity contribution >= 4 is 53.4 Å². The third-order valence-corrected chi connectivity index (χ3v) is 12.4. The van der Waals surface area contributed by atoms with Crippen LogP contribution in [0, 0.1) is 41.6 Å². The third-order valence-electron chi connectivity index (χ3n) is 12.4. The summed E-state index contributed by atoms with van der Waals surface area (Å²) in [7, 11) is 2.76. The predicted molar refractivity (Wildman–Crippen MR) is 337 cm³/mol. The number of benzene rings is 5. The second kappa shape index (κ2) is 44.3. The van der Waals surface area contributed by atoms with Gasteiger partial charge in [-0.2, -0.15) is 36.4 Å². The number of rotatable bonds is 11. The molecule has 4 N–H and O–H groups in total. The van der Waals surface area contributed by atoms with Crippen molar-refractivity contribution in [3.63, 3.8) is 0 Å². The van der Waals surface area contributed by atoms with Crippen molar-refractivity contribution in [3.05, 3.63) is 180 Å². The SMILES string of the molecule is CC(C)(C)OC(=O)OC(=O)OC(C)(C)C.CC(C)(C)[O-].CC(C)C(C)C(O)(c1ccccc1)c1ccccc1.CC(C)C1NC(=O)OC1(c1ccccc1)c1ccccc1.COC(=O)C(C)C(C)C.COC(=O)C(N)C(C)C.[Br-].[K+].[Mg+2].[c-]1ccccc1. The molecule has 1 saturated heterocycles. The topological polar surface area (TPSA) is 222 Å². The molecular weight excluding hydrogens is 1210 g/mol. The Balaban J connectivity index is -0.000000483. The van der Waals surface area contributed by atoms with Gasteiger partial charge in [-0.1, -0.05) is 211 Å². The fourth-order valence-corrected chi connectivity index (χ4v) is 7.50. The van der Waals surface area contributed by atoms with Crippen molar-refractivity contribution in [2.45, 2.75) is 172 Å². The van der Waals surface area contributed by atoms with Gasteiger partial charge >= 0.3 is 105 Å². The number of halogens is 1. The van der Waals surface area contributed by atoms with E-state index in [1.54, 1.807) is 62.3 Å². The number of nitrogens with one attached hydrogen (secondary N) is 1. The first-order valence-corrected chi connectivity index (χ1v) is 28.5.